The van der Waals surface area contributed by atoms with Crippen LogP contribution < -0.4 is 14.8 Å². The fourth-order valence-electron chi connectivity index (χ4n) is 3.62. The van der Waals surface area contributed by atoms with Crippen LogP contribution in [0.25, 0.3) is 6.08 Å². The van der Waals surface area contributed by atoms with Gasteiger partial charge >= 0.3 is 0 Å². The van der Waals surface area contributed by atoms with Crippen molar-refractivity contribution in [3.05, 3.63) is 63.1 Å². The lowest BCUT2D eigenvalue weighted by Crippen LogP contribution is -2.36. The molecule has 1 N–H and O–H groups in total. The largest absolute Gasteiger partial charge is 0.493 e. The molecule has 0 spiro atoms. The number of rotatable bonds is 7. The van der Waals surface area contributed by atoms with E-state index in [1.165, 1.54) is 13.5 Å². The predicted molar refractivity (Wildman–Crippen MR) is 125 cm³/mol. The number of hydrogen-bond acceptors (Lipinski definition) is 5. The van der Waals surface area contributed by atoms with E-state index < -0.39 is 0 Å². The van der Waals surface area contributed by atoms with E-state index in [-0.39, 0.29) is 17.5 Å². The van der Waals surface area contributed by atoms with Crippen molar-refractivity contribution in [3.63, 3.8) is 0 Å². The summed E-state index contributed by atoms with van der Waals surface area (Å²) in [6, 6.07) is 14.9. The van der Waals surface area contributed by atoms with Crippen LogP contribution >= 0.6 is 15.9 Å². The van der Waals surface area contributed by atoms with Gasteiger partial charge in [0.05, 0.1) is 23.2 Å². The van der Waals surface area contributed by atoms with Crippen LogP contribution in [-0.2, 0) is 11.4 Å². The normalized spacial score (nSPS) is 14.2. The molecule has 2 aromatic rings. The fraction of sp³-hybridized carbons (Fsp3) is 0.320. The Balaban J connectivity index is 1.75. The van der Waals surface area contributed by atoms with Gasteiger partial charge in [0, 0.05) is 6.04 Å². The summed E-state index contributed by atoms with van der Waals surface area (Å²) in [5.74, 6) is 0.638. The highest BCUT2D eigenvalue weighted by molar-refractivity contribution is 9.10. The Kier molecular flexibility index (Phi) is 8.30. The second kappa shape index (κ2) is 11.4. The number of amides is 1. The summed E-state index contributed by atoms with van der Waals surface area (Å²) in [4.78, 5) is 12.6. The van der Waals surface area contributed by atoms with Gasteiger partial charge in [-0.05, 0) is 70.2 Å². The maximum absolute atomic E-state index is 12.6. The van der Waals surface area contributed by atoms with Crippen molar-refractivity contribution in [2.45, 2.75) is 44.8 Å². The quantitative estimate of drug-likeness (QED) is 0.418. The second-order valence-corrected chi connectivity index (χ2v) is 8.46. The van der Waals surface area contributed by atoms with E-state index in [0.717, 1.165) is 31.2 Å². The van der Waals surface area contributed by atoms with Crippen molar-refractivity contribution < 1.29 is 14.3 Å². The minimum atomic E-state index is -0.351. The van der Waals surface area contributed by atoms with E-state index in [0.29, 0.717) is 33.7 Å². The third-order valence-electron chi connectivity index (χ3n) is 5.33. The number of hydrogen-bond donors (Lipinski definition) is 1. The van der Waals surface area contributed by atoms with Crippen LogP contribution in [0.2, 0.25) is 0 Å². The Morgan fingerprint density at radius 3 is 2.53 bits per heavy atom. The third-order valence-corrected chi connectivity index (χ3v) is 5.92. The highest BCUT2D eigenvalue weighted by Crippen LogP contribution is 2.37. The van der Waals surface area contributed by atoms with Crippen LogP contribution in [0, 0.1) is 22.7 Å². The smallest absolute Gasteiger partial charge is 0.262 e. The van der Waals surface area contributed by atoms with Crippen molar-refractivity contribution in [3.8, 4) is 23.6 Å². The monoisotopic (exact) mass is 493 g/mol. The standard InChI is InChI=1S/C25H24BrN3O3/c1-31-23-13-19(11-20(15-28)25(30)29-21-5-3-2-4-6-21)12-22(26)24(23)32-16-18-9-7-17(14-27)8-10-18/h7-13,21H,2-6,16H2,1H3,(H,29,30)/b20-11+. The second-order valence-electron chi connectivity index (χ2n) is 7.61. The molecule has 1 aliphatic carbocycles. The third kappa shape index (κ3) is 6.12. The molecule has 0 aliphatic heterocycles. The van der Waals surface area contributed by atoms with Gasteiger partial charge in [0.2, 0.25) is 0 Å². The van der Waals surface area contributed by atoms with Crippen LogP contribution in [0.4, 0.5) is 0 Å². The Labute approximate surface area is 196 Å². The summed E-state index contributed by atoms with van der Waals surface area (Å²) in [5, 5.41) is 21.4. The number of ether oxygens (including phenoxy) is 2. The zero-order chi connectivity index (χ0) is 22.9. The number of carbonyl (C=O) groups is 1. The lowest BCUT2D eigenvalue weighted by atomic mass is 9.95. The molecule has 0 bridgehead atoms. The number of carbonyl (C=O) groups excluding carboxylic acids is 1. The van der Waals surface area contributed by atoms with Crippen LogP contribution in [0.15, 0.2) is 46.4 Å². The van der Waals surface area contributed by atoms with Crippen LogP contribution in [-0.4, -0.2) is 19.1 Å². The van der Waals surface area contributed by atoms with Gasteiger partial charge < -0.3 is 14.8 Å². The molecule has 3 rings (SSSR count). The van der Waals surface area contributed by atoms with Crippen LogP contribution in [0.3, 0.4) is 0 Å². The number of nitrogens with zero attached hydrogens (tertiary/aromatic N) is 2. The highest BCUT2D eigenvalue weighted by Gasteiger charge is 2.19. The molecule has 1 aliphatic rings. The van der Waals surface area contributed by atoms with Gasteiger partial charge in [-0.1, -0.05) is 31.4 Å². The van der Waals surface area contributed by atoms with Gasteiger partial charge in [-0.15, -0.1) is 0 Å². The molecule has 0 radical (unpaired) electrons. The van der Waals surface area contributed by atoms with Crippen molar-refractivity contribution in [1.82, 2.24) is 5.32 Å². The summed E-state index contributed by atoms with van der Waals surface area (Å²) in [6.07, 6.45) is 6.86. The first-order valence-electron chi connectivity index (χ1n) is 10.5. The lowest BCUT2D eigenvalue weighted by Gasteiger charge is -2.22. The first-order chi connectivity index (χ1) is 15.5. The summed E-state index contributed by atoms with van der Waals surface area (Å²) >= 11 is 3.50. The van der Waals surface area contributed by atoms with E-state index in [1.807, 2.05) is 18.2 Å². The molecule has 164 valence electrons. The number of halogens is 1. The van der Waals surface area contributed by atoms with Crippen molar-refractivity contribution in [2.75, 3.05) is 7.11 Å². The summed E-state index contributed by atoms with van der Waals surface area (Å²) in [7, 11) is 1.53. The highest BCUT2D eigenvalue weighted by atomic mass is 79.9. The molecule has 0 heterocycles. The van der Waals surface area contributed by atoms with Gasteiger partial charge in [-0.25, -0.2) is 0 Å². The molecule has 1 saturated carbocycles. The molecule has 32 heavy (non-hydrogen) atoms. The number of benzene rings is 2. The van der Waals surface area contributed by atoms with E-state index >= 15 is 0 Å². The van der Waals surface area contributed by atoms with E-state index in [2.05, 4.69) is 27.3 Å². The average molecular weight is 494 g/mol. The molecular weight excluding hydrogens is 470 g/mol. The average Bonchev–Trinajstić information content (AvgIpc) is 2.82. The zero-order valence-corrected chi connectivity index (χ0v) is 19.4. The zero-order valence-electron chi connectivity index (χ0n) is 17.9. The van der Waals surface area contributed by atoms with Crippen LogP contribution in [0.5, 0.6) is 11.5 Å². The molecule has 6 nitrogen and oxygen atoms in total. The first kappa shape index (κ1) is 23.4. The first-order valence-corrected chi connectivity index (χ1v) is 11.3. The molecule has 0 saturated heterocycles. The Hall–Kier alpha value is -3.29. The van der Waals surface area contributed by atoms with Crippen LogP contribution in [0.1, 0.15) is 48.8 Å². The SMILES string of the molecule is COc1cc(/C=C(\C#N)C(=O)NC2CCCCC2)cc(Br)c1OCc1ccc(C#N)cc1. The summed E-state index contributed by atoms with van der Waals surface area (Å²) < 4.78 is 12.1. The van der Waals surface area contributed by atoms with Crippen molar-refractivity contribution in [2.24, 2.45) is 0 Å². The van der Waals surface area contributed by atoms with Gasteiger partial charge in [0.15, 0.2) is 11.5 Å². The van der Waals surface area contributed by atoms with E-state index in [1.54, 1.807) is 30.3 Å². The Morgan fingerprint density at radius 1 is 1.19 bits per heavy atom. The molecule has 0 atom stereocenters. The minimum absolute atomic E-state index is 0.0516. The van der Waals surface area contributed by atoms with Crippen molar-refractivity contribution >= 4 is 27.9 Å². The summed E-state index contributed by atoms with van der Waals surface area (Å²) in [5.41, 5.74) is 2.20. The molecule has 2 aromatic carbocycles. The predicted octanol–water partition coefficient (Wildman–Crippen LogP) is 5.26. The number of nitriles is 2. The minimum Gasteiger partial charge on any atom is -0.493 e. The lowest BCUT2D eigenvalue weighted by molar-refractivity contribution is -0.117. The maximum Gasteiger partial charge on any atom is 0.262 e. The molecule has 1 amide bonds. The number of nitrogens with one attached hydrogen (secondary N) is 1. The van der Waals surface area contributed by atoms with E-state index in [9.17, 15) is 10.1 Å². The number of methoxy groups -OCH3 is 1. The van der Waals surface area contributed by atoms with E-state index in [4.69, 9.17) is 14.7 Å². The topological polar surface area (TPSA) is 95.1 Å². The molecule has 0 aromatic heterocycles. The molecular formula is C25H24BrN3O3. The Bertz CT molecular complexity index is 1080. The van der Waals surface area contributed by atoms with Gasteiger partial charge in [-0.2, -0.15) is 10.5 Å². The summed E-state index contributed by atoms with van der Waals surface area (Å²) in [6.45, 7) is 0.295. The van der Waals surface area contributed by atoms with Gasteiger partial charge in [0.1, 0.15) is 18.2 Å². The molecule has 1 fully saturated rings. The molecule has 7 heteroatoms. The van der Waals surface area contributed by atoms with Crippen molar-refractivity contribution in [1.29, 1.82) is 10.5 Å². The fourth-order valence-corrected chi connectivity index (χ4v) is 4.19. The van der Waals surface area contributed by atoms with Gasteiger partial charge in [0.25, 0.3) is 5.91 Å². The molecule has 0 unspecified atom stereocenters. The van der Waals surface area contributed by atoms with Gasteiger partial charge in [-0.3, -0.25) is 4.79 Å². The maximum atomic E-state index is 12.6. The Morgan fingerprint density at radius 2 is 1.91 bits per heavy atom.